The number of benzene rings is 1. The van der Waals surface area contributed by atoms with Crippen LogP contribution in [0.4, 0.5) is 0 Å². The number of guanidine groups is 1. The van der Waals surface area contributed by atoms with Gasteiger partial charge in [-0.3, -0.25) is 9.89 Å². The van der Waals surface area contributed by atoms with E-state index >= 15 is 0 Å². The molecule has 154 valence electrons. The Morgan fingerprint density at radius 3 is 2.50 bits per heavy atom. The molecule has 1 aromatic carbocycles. The van der Waals surface area contributed by atoms with Crippen LogP contribution in [0, 0.1) is 0 Å². The molecule has 28 heavy (non-hydrogen) atoms. The minimum absolute atomic E-state index is 0. The lowest BCUT2D eigenvalue weighted by atomic mass is 10.3. The van der Waals surface area contributed by atoms with Crippen LogP contribution in [0.5, 0.6) is 0 Å². The van der Waals surface area contributed by atoms with Gasteiger partial charge in [-0.25, -0.2) is 8.42 Å². The van der Waals surface area contributed by atoms with E-state index in [2.05, 4.69) is 25.3 Å². The topological polar surface area (TPSA) is 91.0 Å². The van der Waals surface area contributed by atoms with Crippen LogP contribution in [0.1, 0.15) is 5.69 Å². The van der Waals surface area contributed by atoms with Gasteiger partial charge in [0.15, 0.2) is 15.8 Å². The third-order valence-electron chi connectivity index (χ3n) is 4.52. The van der Waals surface area contributed by atoms with Crippen LogP contribution in [-0.2, 0) is 16.4 Å². The van der Waals surface area contributed by atoms with E-state index in [1.165, 1.54) is 0 Å². The monoisotopic (exact) mass is 519 g/mol. The fourth-order valence-corrected chi connectivity index (χ4v) is 4.22. The van der Waals surface area contributed by atoms with Gasteiger partial charge in [-0.15, -0.1) is 24.0 Å². The molecule has 0 bridgehead atoms. The van der Waals surface area contributed by atoms with E-state index in [4.69, 9.17) is 4.52 Å². The maximum atomic E-state index is 12.4. The molecule has 0 saturated carbocycles. The van der Waals surface area contributed by atoms with Crippen LogP contribution >= 0.6 is 24.0 Å². The molecule has 0 spiro atoms. The second kappa shape index (κ2) is 10.8. The first-order valence-electron chi connectivity index (χ1n) is 8.93. The molecule has 0 atom stereocenters. The Bertz CT molecular complexity index is 835. The van der Waals surface area contributed by atoms with E-state index in [1.807, 2.05) is 6.07 Å². The van der Waals surface area contributed by atoms with Crippen LogP contribution in [0.25, 0.3) is 0 Å². The first-order valence-corrected chi connectivity index (χ1v) is 10.6. The van der Waals surface area contributed by atoms with Crippen molar-refractivity contribution in [2.45, 2.75) is 11.4 Å². The van der Waals surface area contributed by atoms with Crippen molar-refractivity contribution < 1.29 is 12.9 Å². The van der Waals surface area contributed by atoms with Gasteiger partial charge in [-0.2, -0.15) is 0 Å². The minimum Gasteiger partial charge on any atom is -0.364 e. The average molecular weight is 519 g/mol. The Labute approximate surface area is 182 Å². The zero-order chi connectivity index (χ0) is 19.1. The van der Waals surface area contributed by atoms with Crippen LogP contribution in [0.3, 0.4) is 0 Å². The van der Waals surface area contributed by atoms with Crippen molar-refractivity contribution in [2.24, 2.45) is 4.99 Å². The highest BCUT2D eigenvalue weighted by molar-refractivity contribution is 14.0. The largest absolute Gasteiger partial charge is 0.364 e. The Hall–Kier alpha value is -1.66. The normalized spacial score (nSPS) is 15.9. The Morgan fingerprint density at radius 2 is 1.89 bits per heavy atom. The molecule has 1 N–H and O–H groups in total. The van der Waals surface area contributed by atoms with E-state index in [-0.39, 0.29) is 29.7 Å². The van der Waals surface area contributed by atoms with Crippen molar-refractivity contribution >= 4 is 39.8 Å². The fourth-order valence-electron chi connectivity index (χ4n) is 3.04. The van der Waals surface area contributed by atoms with Crippen molar-refractivity contribution in [1.29, 1.82) is 0 Å². The fraction of sp³-hybridized carbons (Fsp3) is 0.444. The number of nitrogens with one attached hydrogen (secondary N) is 1. The molecule has 0 amide bonds. The lowest BCUT2D eigenvalue weighted by Gasteiger charge is -2.36. The predicted molar refractivity (Wildman–Crippen MR) is 119 cm³/mol. The Morgan fingerprint density at radius 1 is 1.18 bits per heavy atom. The molecule has 1 aliphatic rings. The number of halogens is 1. The van der Waals surface area contributed by atoms with Crippen LogP contribution < -0.4 is 5.32 Å². The third kappa shape index (κ3) is 6.17. The molecule has 10 heteroatoms. The number of rotatable bonds is 6. The molecule has 1 aromatic heterocycles. The van der Waals surface area contributed by atoms with Crippen molar-refractivity contribution in [3.05, 3.63) is 48.4 Å². The first kappa shape index (κ1) is 22.6. The SMILES string of the molecule is CN=C(NCCS(=O)(=O)c1ccccc1)N1CCN(Cc2ccon2)CC1.I. The molecule has 1 aliphatic heterocycles. The standard InChI is InChI=1S/C18H25N5O3S.HI/c1-19-18(20-8-14-27(24,25)17-5-3-2-4-6-17)23-11-9-22(10-12-23)15-16-7-13-26-21-16;/h2-7,13H,8-12,14-15H2,1H3,(H,19,20);1H. The highest BCUT2D eigenvalue weighted by Gasteiger charge is 2.21. The number of aliphatic imine (C=N–C) groups is 1. The Balaban J connectivity index is 0.00000280. The molecule has 2 aromatic rings. The minimum atomic E-state index is -3.29. The van der Waals surface area contributed by atoms with Gasteiger partial charge in [0.05, 0.1) is 16.3 Å². The van der Waals surface area contributed by atoms with Gasteiger partial charge in [-0.1, -0.05) is 23.4 Å². The zero-order valence-corrected chi connectivity index (χ0v) is 19.0. The summed E-state index contributed by atoms with van der Waals surface area (Å²) in [6.45, 7) is 4.51. The summed E-state index contributed by atoms with van der Waals surface area (Å²) in [5.74, 6) is 0.765. The van der Waals surface area contributed by atoms with Crippen molar-refractivity contribution in [3.63, 3.8) is 0 Å². The average Bonchev–Trinajstić information content (AvgIpc) is 3.20. The van der Waals surface area contributed by atoms with E-state index in [1.54, 1.807) is 43.6 Å². The van der Waals surface area contributed by atoms with Gasteiger partial charge in [0.1, 0.15) is 6.26 Å². The molecule has 0 unspecified atom stereocenters. The number of hydrogen-bond acceptors (Lipinski definition) is 6. The molecular weight excluding hydrogens is 493 g/mol. The van der Waals surface area contributed by atoms with Gasteiger partial charge in [0.25, 0.3) is 0 Å². The molecule has 8 nitrogen and oxygen atoms in total. The second-order valence-electron chi connectivity index (χ2n) is 6.36. The van der Waals surface area contributed by atoms with Crippen molar-refractivity contribution in [3.8, 4) is 0 Å². The van der Waals surface area contributed by atoms with E-state index < -0.39 is 9.84 Å². The van der Waals surface area contributed by atoms with Gasteiger partial charge in [0.2, 0.25) is 0 Å². The summed E-state index contributed by atoms with van der Waals surface area (Å²) in [6.07, 6.45) is 1.58. The smallest absolute Gasteiger partial charge is 0.193 e. The number of hydrogen-bond donors (Lipinski definition) is 1. The molecule has 2 heterocycles. The lowest BCUT2D eigenvalue weighted by molar-refractivity contribution is 0.169. The van der Waals surface area contributed by atoms with E-state index in [0.29, 0.717) is 11.4 Å². The quantitative estimate of drug-likeness (QED) is 0.351. The van der Waals surface area contributed by atoms with Crippen LogP contribution in [0.2, 0.25) is 0 Å². The lowest BCUT2D eigenvalue weighted by Crippen LogP contribution is -2.52. The maximum Gasteiger partial charge on any atom is 0.193 e. The zero-order valence-electron chi connectivity index (χ0n) is 15.8. The summed E-state index contributed by atoms with van der Waals surface area (Å²) < 4.78 is 29.6. The first-order chi connectivity index (χ1) is 13.1. The molecule has 3 rings (SSSR count). The van der Waals surface area contributed by atoms with Crippen molar-refractivity contribution in [1.82, 2.24) is 20.3 Å². The maximum absolute atomic E-state index is 12.4. The van der Waals surface area contributed by atoms with E-state index in [0.717, 1.165) is 44.4 Å². The third-order valence-corrected chi connectivity index (χ3v) is 6.25. The van der Waals surface area contributed by atoms with Crippen molar-refractivity contribution in [2.75, 3.05) is 45.5 Å². The number of aromatic nitrogens is 1. The summed E-state index contributed by atoms with van der Waals surface area (Å²) in [5.41, 5.74) is 0.928. The van der Waals surface area contributed by atoms with E-state index in [9.17, 15) is 8.42 Å². The summed E-state index contributed by atoms with van der Waals surface area (Å²) in [4.78, 5) is 9.10. The molecule has 0 aliphatic carbocycles. The summed E-state index contributed by atoms with van der Waals surface area (Å²) in [6, 6.07) is 10.4. The molecular formula is C18H26IN5O3S. The molecule has 1 saturated heterocycles. The highest BCUT2D eigenvalue weighted by Crippen LogP contribution is 2.10. The van der Waals surface area contributed by atoms with Gasteiger partial charge >= 0.3 is 0 Å². The second-order valence-corrected chi connectivity index (χ2v) is 8.47. The Kier molecular flexibility index (Phi) is 8.70. The predicted octanol–water partition coefficient (Wildman–Crippen LogP) is 1.46. The van der Waals surface area contributed by atoms with Crippen LogP contribution in [-0.4, -0.2) is 74.9 Å². The summed E-state index contributed by atoms with van der Waals surface area (Å²) in [7, 11) is -1.57. The van der Waals surface area contributed by atoms with Gasteiger partial charge in [-0.05, 0) is 12.1 Å². The number of sulfone groups is 1. The summed E-state index contributed by atoms with van der Waals surface area (Å²) in [5, 5.41) is 7.12. The summed E-state index contributed by atoms with van der Waals surface area (Å²) >= 11 is 0. The highest BCUT2D eigenvalue weighted by atomic mass is 127. The van der Waals surface area contributed by atoms with Gasteiger partial charge < -0.3 is 14.7 Å². The molecule has 1 fully saturated rings. The molecule has 0 radical (unpaired) electrons. The number of piperazine rings is 1. The van der Waals surface area contributed by atoms with Crippen LogP contribution in [0.15, 0.2) is 57.1 Å². The number of nitrogens with zero attached hydrogens (tertiary/aromatic N) is 4. The van der Waals surface area contributed by atoms with Gasteiger partial charge in [0, 0.05) is 52.4 Å².